The zero-order valence-corrected chi connectivity index (χ0v) is 11.6. The minimum atomic E-state index is 0.452. The van der Waals surface area contributed by atoms with E-state index >= 15 is 0 Å². The molecular weight excluding hydrogens is 230 g/mol. The Morgan fingerprint density at radius 2 is 2.24 bits per heavy atom. The number of ether oxygens (including phenoxy) is 1. The summed E-state index contributed by atoms with van der Waals surface area (Å²) in [4.78, 5) is 2.86. The lowest BCUT2D eigenvalue weighted by molar-refractivity contribution is 0.0962. The molecule has 1 aromatic heterocycles. The molecule has 2 aliphatic rings. The standard InChI is InChI=1S/C14H21NOS/c1-8-6-12(10(3)17-8)9(2)15-13-7-11-4-5-14(13)16-11/h6,9,11,13-15H,4-5,7H2,1-3H3. The third-order valence-corrected chi connectivity index (χ3v) is 5.10. The quantitative estimate of drug-likeness (QED) is 0.889. The third kappa shape index (κ3) is 2.16. The van der Waals surface area contributed by atoms with Gasteiger partial charge >= 0.3 is 0 Å². The van der Waals surface area contributed by atoms with Crippen LogP contribution in [0.1, 0.15) is 47.5 Å². The van der Waals surface area contributed by atoms with Gasteiger partial charge in [0.15, 0.2) is 0 Å². The summed E-state index contributed by atoms with van der Waals surface area (Å²) in [5.41, 5.74) is 1.47. The van der Waals surface area contributed by atoms with E-state index in [0.717, 1.165) is 0 Å². The number of hydrogen-bond donors (Lipinski definition) is 1. The fourth-order valence-corrected chi connectivity index (χ4v) is 4.33. The molecule has 0 amide bonds. The Bertz CT molecular complexity index is 414. The molecule has 2 fully saturated rings. The van der Waals surface area contributed by atoms with Crippen LogP contribution in [0, 0.1) is 13.8 Å². The van der Waals surface area contributed by atoms with Crippen molar-refractivity contribution in [2.75, 3.05) is 0 Å². The fourth-order valence-electron chi connectivity index (χ4n) is 3.30. The van der Waals surface area contributed by atoms with Crippen molar-refractivity contribution in [3.05, 3.63) is 21.4 Å². The molecule has 2 saturated heterocycles. The predicted molar refractivity (Wildman–Crippen MR) is 71.6 cm³/mol. The van der Waals surface area contributed by atoms with E-state index in [0.29, 0.717) is 24.3 Å². The van der Waals surface area contributed by atoms with Gasteiger partial charge in [0, 0.05) is 21.8 Å². The highest BCUT2D eigenvalue weighted by atomic mass is 32.1. The highest BCUT2D eigenvalue weighted by Gasteiger charge is 2.41. The lowest BCUT2D eigenvalue weighted by Crippen LogP contribution is -2.39. The summed E-state index contributed by atoms with van der Waals surface area (Å²) >= 11 is 1.90. The van der Waals surface area contributed by atoms with Crippen LogP contribution in [-0.2, 0) is 4.74 Å². The van der Waals surface area contributed by atoms with E-state index in [1.165, 1.54) is 34.6 Å². The molecular formula is C14H21NOS. The zero-order chi connectivity index (χ0) is 12.0. The van der Waals surface area contributed by atoms with E-state index in [1.807, 2.05) is 11.3 Å². The number of fused-ring (bicyclic) bond motifs is 2. The smallest absolute Gasteiger partial charge is 0.0733 e. The van der Waals surface area contributed by atoms with Gasteiger partial charge in [-0.25, -0.2) is 0 Å². The van der Waals surface area contributed by atoms with Crippen LogP contribution in [0.25, 0.3) is 0 Å². The Balaban J connectivity index is 1.67. The summed E-state index contributed by atoms with van der Waals surface area (Å²) in [6.45, 7) is 6.69. The van der Waals surface area contributed by atoms with Crippen LogP contribution in [0.5, 0.6) is 0 Å². The topological polar surface area (TPSA) is 21.3 Å². The van der Waals surface area contributed by atoms with E-state index in [-0.39, 0.29) is 0 Å². The summed E-state index contributed by atoms with van der Waals surface area (Å²) in [5.74, 6) is 0. The van der Waals surface area contributed by atoms with Gasteiger partial charge in [-0.1, -0.05) is 0 Å². The van der Waals surface area contributed by atoms with Crippen LogP contribution in [0.3, 0.4) is 0 Å². The van der Waals surface area contributed by atoms with E-state index in [1.54, 1.807) is 0 Å². The largest absolute Gasteiger partial charge is 0.373 e. The molecule has 2 bridgehead atoms. The van der Waals surface area contributed by atoms with Gasteiger partial charge in [-0.05, 0) is 51.7 Å². The third-order valence-electron chi connectivity index (χ3n) is 4.12. The number of thiophene rings is 1. The number of hydrogen-bond acceptors (Lipinski definition) is 3. The highest BCUT2D eigenvalue weighted by molar-refractivity contribution is 7.12. The summed E-state index contributed by atoms with van der Waals surface area (Å²) < 4.78 is 5.90. The van der Waals surface area contributed by atoms with Crippen molar-refractivity contribution < 1.29 is 4.74 Å². The van der Waals surface area contributed by atoms with Crippen molar-refractivity contribution in [1.29, 1.82) is 0 Å². The van der Waals surface area contributed by atoms with Gasteiger partial charge in [0.2, 0.25) is 0 Å². The van der Waals surface area contributed by atoms with Crippen molar-refractivity contribution in [2.45, 2.75) is 64.3 Å². The maximum atomic E-state index is 5.90. The molecule has 0 aliphatic carbocycles. The monoisotopic (exact) mass is 251 g/mol. The molecule has 1 aromatic rings. The van der Waals surface area contributed by atoms with E-state index in [2.05, 4.69) is 32.2 Å². The molecule has 0 saturated carbocycles. The van der Waals surface area contributed by atoms with E-state index in [4.69, 9.17) is 4.74 Å². The van der Waals surface area contributed by atoms with Crippen LogP contribution in [0.4, 0.5) is 0 Å². The number of aryl methyl sites for hydroxylation is 2. The summed E-state index contributed by atoms with van der Waals surface area (Å²) in [7, 11) is 0. The first-order valence-corrected chi connectivity index (χ1v) is 7.43. The van der Waals surface area contributed by atoms with Crippen molar-refractivity contribution in [1.82, 2.24) is 5.32 Å². The molecule has 2 nitrogen and oxygen atoms in total. The highest BCUT2D eigenvalue weighted by Crippen LogP contribution is 2.36. The lowest BCUT2D eigenvalue weighted by atomic mass is 9.94. The molecule has 3 heterocycles. The molecule has 4 unspecified atom stereocenters. The summed E-state index contributed by atoms with van der Waals surface area (Å²) in [6.07, 6.45) is 4.74. The second-order valence-corrected chi connectivity index (χ2v) is 6.93. The molecule has 2 aliphatic heterocycles. The molecule has 0 radical (unpaired) electrons. The molecule has 3 heteroatoms. The Labute approximate surface area is 107 Å². The number of nitrogens with one attached hydrogen (secondary N) is 1. The Morgan fingerprint density at radius 3 is 2.76 bits per heavy atom. The van der Waals surface area contributed by atoms with Crippen LogP contribution < -0.4 is 5.32 Å². The van der Waals surface area contributed by atoms with Gasteiger partial charge in [-0.3, -0.25) is 0 Å². The predicted octanol–water partition coefficient (Wildman–Crippen LogP) is 3.34. The van der Waals surface area contributed by atoms with Gasteiger partial charge in [0.25, 0.3) is 0 Å². The average molecular weight is 251 g/mol. The van der Waals surface area contributed by atoms with E-state index in [9.17, 15) is 0 Å². The SMILES string of the molecule is Cc1cc(C(C)NC2CC3CCC2O3)c(C)s1. The Kier molecular flexibility index (Phi) is 3.01. The van der Waals surface area contributed by atoms with Crippen LogP contribution in [0.15, 0.2) is 6.07 Å². The normalized spacial score (nSPS) is 33.2. The molecule has 17 heavy (non-hydrogen) atoms. The summed E-state index contributed by atoms with van der Waals surface area (Å²) in [5, 5.41) is 3.76. The molecule has 0 aromatic carbocycles. The first-order chi connectivity index (χ1) is 8.13. The second-order valence-electron chi connectivity index (χ2n) is 5.47. The maximum Gasteiger partial charge on any atom is 0.0733 e. The van der Waals surface area contributed by atoms with Crippen molar-refractivity contribution in [3.63, 3.8) is 0 Å². The Hall–Kier alpha value is -0.380. The lowest BCUT2D eigenvalue weighted by Gasteiger charge is -2.24. The van der Waals surface area contributed by atoms with Crippen LogP contribution in [0.2, 0.25) is 0 Å². The van der Waals surface area contributed by atoms with Gasteiger partial charge < -0.3 is 10.1 Å². The minimum absolute atomic E-state index is 0.452. The van der Waals surface area contributed by atoms with Crippen molar-refractivity contribution in [2.24, 2.45) is 0 Å². The minimum Gasteiger partial charge on any atom is -0.373 e. The molecule has 1 N–H and O–H groups in total. The van der Waals surface area contributed by atoms with Crippen LogP contribution >= 0.6 is 11.3 Å². The second kappa shape index (κ2) is 4.38. The maximum absolute atomic E-state index is 5.90. The first-order valence-electron chi connectivity index (χ1n) is 6.62. The van der Waals surface area contributed by atoms with Gasteiger partial charge in [0.1, 0.15) is 0 Å². The zero-order valence-electron chi connectivity index (χ0n) is 10.8. The number of rotatable bonds is 3. The molecule has 0 spiro atoms. The van der Waals surface area contributed by atoms with Crippen LogP contribution in [-0.4, -0.2) is 18.2 Å². The Morgan fingerprint density at radius 1 is 1.41 bits per heavy atom. The fraction of sp³-hybridized carbons (Fsp3) is 0.714. The van der Waals surface area contributed by atoms with Gasteiger partial charge in [0.05, 0.1) is 12.2 Å². The molecule has 94 valence electrons. The van der Waals surface area contributed by atoms with Crippen molar-refractivity contribution >= 4 is 11.3 Å². The van der Waals surface area contributed by atoms with Gasteiger partial charge in [-0.2, -0.15) is 0 Å². The average Bonchev–Trinajstić information content (AvgIpc) is 2.93. The molecule has 4 atom stereocenters. The van der Waals surface area contributed by atoms with E-state index < -0.39 is 0 Å². The molecule has 3 rings (SSSR count). The van der Waals surface area contributed by atoms with Crippen molar-refractivity contribution in [3.8, 4) is 0 Å². The summed E-state index contributed by atoms with van der Waals surface area (Å²) in [6, 6.07) is 3.35. The first kappa shape index (κ1) is 11.7. The van der Waals surface area contributed by atoms with Gasteiger partial charge in [-0.15, -0.1) is 11.3 Å².